The molecular weight excluding hydrogens is 363 g/mol. The van der Waals surface area contributed by atoms with Crippen LogP contribution >= 0.6 is 27.5 Å². The van der Waals surface area contributed by atoms with Crippen molar-refractivity contribution < 1.29 is 9.13 Å². The molecule has 0 unspecified atom stereocenters. The SMILES string of the molecule is Fc1ccc(Br)cc1-c1nc(Cl)nc(N2CCOCC2)n1. The molecule has 1 aromatic heterocycles. The van der Waals surface area contributed by atoms with Gasteiger partial charge in [0.15, 0.2) is 5.82 Å². The topological polar surface area (TPSA) is 51.1 Å². The summed E-state index contributed by atoms with van der Waals surface area (Å²) in [6.07, 6.45) is 0. The lowest BCUT2D eigenvalue weighted by Crippen LogP contribution is -2.37. The van der Waals surface area contributed by atoms with Crippen LogP contribution in [0.4, 0.5) is 10.3 Å². The number of morpholine rings is 1. The molecule has 0 saturated carbocycles. The highest BCUT2D eigenvalue weighted by Crippen LogP contribution is 2.25. The van der Waals surface area contributed by atoms with Gasteiger partial charge in [0.2, 0.25) is 11.2 Å². The number of hydrogen-bond acceptors (Lipinski definition) is 5. The van der Waals surface area contributed by atoms with Crippen LogP contribution in [0.25, 0.3) is 11.4 Å². The molecule has 1 aliphatic rings. The van der Waals surface area contributed by atoms with Crippen LogP contribution in [0.2, 0.25) is 5.28 Å². The third-order valence-electron chi connectivity index (χ3n) is 3.06. The van der Waals surface area contributed by atoms with E-state index in [1.54, 1.807) is 12.1 Å². The monoisotopic (exact) mass is 372 g/mol. The maximum absolute atomic E-state index is 14.0. The molecule has 0 aliphatic carbocycles. The average Bonchev–Trinajstić information content (AvgIpc) is 2.50. The molecule has 0 spiro atoms. The van der Waals surface area contributed by atoms with Crippen LogP contribution in [-0.2, 0) is 4.74 Å². The molecule has 2 heterocycles. The highest BCUT2D eigenvalue weighted by molar-refractivity contribution is 9.10. The number of rotatable bonds is 2. The summed E-state index contributed by atoms with van der Waals surface area (Å²) in [6, 6.07) is 4.58. The minimum Gasteiger partial charge on any atom is -0.378 e. The number of ether oxygens (including phenoxy) is 1. The normalized spacial score (nSPS) is 15.3. The zero-order valence-electron chi connectivity index (χ0n) is 10.9. The second-order valence-electron chi connectivity index (χ2n) is 4.45. The molecule has 8 heteroatoms. The minimum atomic E-state index is -0.409. The van der Waals surface area contributed by atoms with Crippen molar-refractivity contribution in [1.82, 2.24) is 15.0 Å². The van der Waals surface area contributed by atoms with Gasteiger partial charge in [-0.1, -0.05) is 15.9 Å². The van der Waals surface area contributed by atoms with Crippen LogP contribution in [0.1, 0.15) is 0 Å². The molecule has 3 rings (SSSR count). The molecule has 21 heavy (non-hydrogen) atoms. The number of anilines is 1. The number of nitrogens with zero attached hydrogens (tertiary/aromatic N) is 4. The predicted octanol–water partition coefficient (Wildman–Crippen LogP) is 2.93. The summed E-state index contributed by atoms with van der Waals surface area (Å²) in [7, 11) is 0. The van der Waals surface area contributed by atoms with E-state index in [4.69, 9.17) is 16.3 Å². The summed E-state index contributed by atoms with van der Waals surface area (Å²) in [4.78, 5) is 14.4. The number of halogens is 3. The molecule has 1 saturated heterocycles. The lowest BCUT2D eigenvalue weighted by molar-refractivity contribution is 0.122. The second-order valence-corrected chi connectivity index (χ2v) is 5.71. The van der Waals surface area contributed by atoms with Crippen LogP contribution in [0, 0.1) is 5.82 Å². The van der Waals surface area contributed by atoms with Gasteiger partial charge in [-0.15, -0.1) is 0 Å². The van der Waals surface area contributed by atoms with Crippen LogP contribution in [0.5, 0.6) is 0 Å². The largest absolute Gasteiger partial charge is 0.378 e. The second kappa shape index (κ2) is 6.21. The standard InChI is InChI=1S/C13H11BrClFN4O/c14-8-1-2-10(16)9(7-8)11-17-12(15)19-13(18-11)20-3-5-21-6-4-20/h1-2,7H,3-6H2. The van der Waals surface area contributed by atoms with Crippen molar-refractivity contribution in [3.63, 3.8) is 0 Å². The maximum atomic E-state index is 14.0. The smallest absolute Gasteiger partial charge is 0.230 e. The number of benzene rings is 1. The van der Waals surface area contributed by atoms with Crippen LogP contribution in [-0.4, -0.2) is 41.3 Å². The Kier molecular flexibility index (Phi) is 4.32. The van der Waals surface area contributed by atoms with E-state index in [2.05, 4.69) is 30.9 Å². The third-order valence-corrected chi connectivity index (χ3v) is 3.72. The Hall–Kier alpha value is -1.31. The Morgan fingerprint density at radius 1 is 1.19 bits per heavy atom. The molecule has 110 valence electrons. The van der Waals surface area contributed by atoms with Gasteiger partial charge in [0.1, 0.15) is 5.82 Å². The van der Waals surface area contributed by atoms with Gasteiger partial charge in [0.25, 0.3) is 0 Å². The van der Waals surface area contributed by atoms with Gasteiger partial charge in [-0.3, -0.25) is 0 Å². The lowest BCUT2D eigenvalue weighted by atomic mass is 10.2. The first kappa shape index (κ1) is 14.6. The van der Waals surface area contributed by atoms with Crippen molar-refractivity contribution in [2.75, 3.05) is 31.2 Å². The molecule has 2 aromatic rings. The van der Waals surface area contributed by atoms with E-state index in [0.717, 1.165) is 4.47 Å². The first-order chi connectivity index (χ1) is 10.1. The van der Waals surface area contributed by atoms with E-state index in [1.165, 1.54) is 6.07 Å². The summed E-state index contributed by atoms with van der Waals surface area (Å²) in [5.41, 5.74) is 0.281. The quantitative estimate of drug-likeness (QED) is 0.810. The molecule has 0 radical (unpaired) electrons. The summed E-state index contributed by atoms with van der Waals surface area (Å²) in [6.45, 7) is 2.54. The van der Waals surface area contributed by atoms with E-state index in [9.17, 15) is 4.39 Å². The highest BCUT2D eigenvalue weighted by atomic mass is 79.9. The Morgan fingerprint density at radius 3 is 2.71 bits per heavy atom. The molecule has 0 amide bonds. The zero-order valence-corrected chi connectivity index (χ0v) is 13.2. The molecule has 1 aromatic carbocycles. The van der Waals surface area contributed by atoms with Crippen LogP contribution in [0.15, 0.2) is 22.7 Å². The van der Waals surface area contributed by atoms with E-state index in [0.29, 0.717) is 32.3 Å². The van der Waals surface area contributed by atoms with Gasteiger partial charge in [-0.25, -0.2) is 4.39 Å². The molecule has 0 N–H and O–H groups in total. The van der Waals surface area contributed by atoms with Crippen molar-refractivity contribution in [1.29, 1.82) is 0 Å². The first-order valence-electron chi connectivity index (χ1n) is 6.33. The third kappa shape index (κ3) is 3.30. The Bertz CT molecular complexity index is 667. The first-order valence-corrected chi connectivity index (χ1v) is 7.50. The van der Waals surface area contributed by atoms with E-state index >= 15 is 0 Å². The van der Waals surface area contributed by atoms with Crippen molar-refractivity contribution in [2.24, 2.45) is 0 Å². The number of aromatic nitrogens is 3. The van der Waals surface area contributed by atoms with Gasteiger partial charge in [-0.2, -0.15) is 15.0 Å². The van der Waals surface area contributed by atoms with Crippen LogP contribution in [0.3, 0.4) is 0 Å². The summed E-state index contributed by atoms with van der Waals surface area (Å²) in [5.74, 6) is 0.247. The average molecular weight is 374 g/mol. The Labute approximate surface area is 134 Å². The predicted molar refractivity (Wildman–Crippen MR) is 81.0 cm³/mol. The van der Waals surface area contributed by atoms with E-state index < -0.39 is 5.82 Å². The van der Waals surface area contributed by atoms with Crippen molar-refractivity contribution in [2.45, 2.75) is 0 Å². The summed E-state index contributed by atoms with van der Waals surface area (Å²) in [5, 5.41) is 0.0425. The fourth-order valence-corrected chi connectivity index (χ4v) is 2.55. The van der Waals surface area contributed by atoms with E-state index in [-0.39, 0.29) is 16.7 Å². The van der Waals surface area contributed by atoms with Gasteiger partial charge < -0.3 is 9.64 Å². The molecule has 1 aliphatic heterocycles. The molecular formula is C13H11BrClFN4O. The van der Waals surface area contributed by atoms with Gasteiger partial charge in [0.05, 0.1) is 18.8 Å². The minimum absolute atomic E-state index is 0.0425. The molecule has 0 bridgehead atoms. The summed E-state index contributed by atoms with van der Waals surface area (Å²) < 4.78 is 20.0. The number of hydrogen-bond donors (Lipinski definition) is 0. The van der Waals surface area contributed by atoms with Crippen molar-refractivity contribution in [3.8, 4) is 11.4 Å². The van der Waals surface area contributed by atoms with Gasteiger partial charge in [0, 0.05) is 17.6 Å². The van der Waals surface area contributed by atoms with E-state index in [1.807, 2.05) is 4.90 Å². The fourth-order valence-electron chi connectivity index (χ4n) is 2.03. The van der Waals surface area contributed by atoms with Crippen molar-refractivity contribution in [3.05, 3.63) is 33.8 Å². The van der Waals surface area contributed by atoms with Gasteiger partial charge in [-0.05, 0) is 29.8 Å². The lowest BCUT2D eigenvalue weighted by Gasteiger charge is -2.26. The molecule has 1 fully saturated rings. The van der Waals surface area contributed by atoms with Crippen LogP contribution < -0.4 is 4.90 Å². The van der Waals surface area contributed by atoms with Gasteiger partial charge >= 0.3 is 0 Å². The summed E-state index contributed by atoms with van der Waals surface area (Å²) >= 11 is 9.27. The zero-order chi connectivity index (χ0) is 14.8. The Morgan fingerprint density at radius 2 is 1.95 bits per heavy atom. The molecule has 0 atom stereocenters. The fraction of sp³-hybridized carbons (Fsp3) is 0.308. The molecule has 5 nitrogen and oxygen atoms in total. The maximum Gasteiger partial charge on any atom is 0.230 e. The Balaban J connectivity index is 2.02. The highest BCUT2D eigenvalue weighted by Gasteiger charge is 2.18. The van der Waals surface area contributed by atoms with Crippen molar-refractivity contribution >= 4 is 33.5 Å².